The molecule has 5 nitrogen and oxygen atoms in total. The number of hydrogen-bond acceptors (Lipinski definition) is 3. The number of rotatable bonds is 3. The number of carbonyl (C=O) groups excluding carboxylic acids is 1. The molecule has 0 aromatic heterocycles. The van der Waals surface area contributed by atoms with Gasteiger partial charge in [0, 0.05) is 18.6 Å². The van der Waals surface area contributed by atoms with Crippen molar-refractivity contribution in [1.29, 1.82) is 0 Å². The van der Waals surface area contributed by atoms with E-state index in [1.807, 2.05) is 0 Å². The molecule has 0 aromatic carbocycles. The average molecular weight is 294 g/mol. The van der Waals surface area contributed by atoms with E-state index in [4.69, 9.17) is 0 Å². The highest BCUT2D eigenvalue weighted by Gasteiger charge is 2.40. The van der Waals surface area contributed by atoms with Gasteiger partial charge in [0.25, 0.3) is 0 Å². The molecule has 1 amide bonds. The topological polar surface area (TPSA) is 69.6 Å². The van der Waals surface area contributed by atoms with E-state index in [9.17, 15) is 14.7 Å². The van der Waals surface area contributed by atoms with Crippen molar-refractivity contribution in [3.8, 4) is 0 Å². The largest absolute Gasteiger partial charge is 0.481 e. The SMILES string of the molecule is O=C(O)[C@H]1CCCC[C@H]1C(=O)NC1CCN2CCCCC12. The summed E-state index contributed by atoms with van der Waals surface area (Å²) in [7, 11) is 0. The number of piperidine rings is 1. The van der Waals surface area contributed by atoms with Crippen molar-refractivity contribution < 1.29 is 14.7 Å². The zero-order valence-electron chi connectivity index (χ0n) is 12.6. The molecule has 0 radical (unpaired) electrons. The lowest BCUT2D eigenvalue weighted by atomic mass is 9.78. The smallest absolute Gasteiger partial charge is 0.307 e. The molecule has 2 N–H and O–H groups in total. The Hall–Kier alpha value is -1.10. The molecule has 0 spiro atoms. The summed E-state index contributed by atoms with van der Waals surface area (Å²) in [6, 6.07) is 0.712. The first-order valence-corrected chi connectivity index (χ1v) is 8.44. The maximum atomic E-state index is 12.6. The molecule has 0 aromatic rings. The minimum Gasteiger partial charge on any atom is -0.481 e. The Bertz CT molecular complexity index is 412. The van der Waals surface area contributed by atoms with Crippen molar-refractivity contribution in [2.75, 3.05) is 13.1 Å². The van der Waals surface area contributed by atoms with Crippen LogP contribution in [0.1, 0.15) is 51.4 Å². The normalized spacial score (nSPS) is 37.0. The van der Waals surface area contributed by atoms with Gasteiger partial charge in [-0.2, -0.15) is 0 Å². The summed E-state index contributed by atoms with van der Waals surface area (Å²) in [4.78, 5) is 26.4. The molecule has 1 aliphatic carbocycles. The Balaban J connectivity index is 1.61. The molecular weight excluding hydrogens is 268 g/mol. The summed E-state index contributed by atoms with van der Waals surface area (Å²) in [5.41, 5.74) is 0. The van der Waals surface area contributed by atoms with E-state index in [-0.39, 0.29) is 17.9 Å². The molecule has 2 unspecified atom stereocenters. The van der Waals surface area contributed by atoms with E-state index < -0.39 is 11.9 Å². The summed E-state index contributed by atoms with van der Waals surface area (Å²) < 4.78 is 0. The fourth-order valence-electron chi connectivity index (χ4n) is 4.45. The van der Waals surface area contributed by atoms with Gasteiger partial charge in [0.1, 0.15) is 0 Å². The summed E-state index contributed by atoms with van der Waals surface area (Å²) in [6.45, 7) is 2.22. The fourth-order valence-corrected chi connectivity index (χ4v) is 4.45. The number of aliphatic carboxylic acids is 1. The highest BCUT2D eigenvalue weighted by atomic mass is 16.4. The number of carboxylic acid groups (broad SMARTS) is 1. The number of nitrogens with zero attached hydrogens (tertiary/aromatic N) is 1. The third-order valence-corrected chi connectivity index (χ3v) is 5.60. The molecule has 5 heteroatoms. The number of hydrogen-bond donors (Lipinski definition) is 2. The van der Waals surface area contributed by atoms with Crippen LogP contribution in [0.2, 0.25) is 0 Å². The minimum atomic E-state index is -0.805. The van der Waals surface area contributed by atoms with Crippen LogP contribution in [0.5, 0.6) is 0 Å². The lowest BCUT2D eigenvalue weighted by molar-refractivity contribution is -0.149. The Morgan fingerprint density at radius 2 is 1.62 bits per heavy atom. The molecule has 2 heterocycles. The van der Waals surface area contributed by atoms with Gasteiger partial charge in [0.2, 0.25) is 5.91 Å². The lowest BCUT2D eigenvalue weighted by Gasteiger charge is -2.34. The van der Waals surface area contributed by atoms with Gasteiger partial charge in [-0.25, -0.2) is 0 Å². The Morgan fingerprint density at radius 3 is 2.38 bits per heavy atom. The van der Waals surface area contributed by atoms with Crippen LogP contribution in [0.25, 0.3) is 0 Å². The summed E-state index contributed by atoms with van der Waals surface area (Å²) >= 11 is 0. The molecular formula is C16H26N2O3. The molecule has 0 bridgehead atoms. The van der Waals surface area contributed by atoms with Crippen molar-refractivity contribution in [3.63, 3.8) is 0 Å². The van der Waals surface area contributed by atoms with Crippen LogP contribution in [0.15, 0.2) is 0 Å². The van der Waals surface area contributed by atoms with E-state index in [0.29, 0.717) is 12.5 Å². The Morgan fingerprint density at radius 1 is 0.905 bits per heavy atom. The van der Waals surface area contributed by atoms with Crippen LogP contribution in [-0.2, 0) is 9.59 Å². The first-order valence-electron chi connectivity index (χ1n) is 8.44. The van der Waals surface area contributed by atoms with E-state index in [2.05, 4.69) is 10.2 Å². The second-order valence-electron chi connectivity index (χ2n) is 6.84. The second kappa shape index (κ2) is 6.34. The van der Waals surface area contributed by atoms with Crippen LogP contribution in [-0.4, -0.2) is 47.1 Å². The molecule has 2 saturated heterocycles. The number of fused-ring (bicyclic) bond motifs is 1. The maximum absolute atomic E-state index is 12.6. The zero-order chi connectivity index (χ0) is 14.8. The zero-order valence-corrected chi connectivity index (χ0v) is 12.6. The van der Waals surface area contributed by atoms with Crippen LogP contribution in [0.4, 0.5) is 0 Å². The van der Waals surface area contributed by atoms with Gasteiger partial charge in [-0.05, 0) is 38.6 Å². The fraction of sp³-hybridized carbons (Fsp3) is 0.875. The monoisotopic (exact) mass is 294 g/mol. The maximum Gasteiger partial charge on any atom is 0.307 e. The third-order valence-electron chi connectivity index (χ3n) is 5.60. The highest BCUT2D eigenvalue weighted by Crippen LogP contribution is 2.32. The molecule has 21 heavy (non-hydrogen) atoms. The van der Waals surface area contributed by atoms with Crippen molar-refractivity contribution >= 4 is 11.9 Å². The predicted octanol–water partition coefficient (Wildman–Crippen LogP) is 1.62. The number of amides is 1. The van der Waals surface area contributed by atoms with Crippen LogP contribution in [0, 0.1) is 11.8 Å². The molecule has 1 saturated carbocycles. The third kappa shape index (κ3) is 3.07. The Labute approximate surface area is 126 Å². The number of carboxylic acids is 1. The minimum absolute atomic E-state index is 0.0143. The number of carbonyl (C=O) groups is 2. The predicted molar refractivity (Wildman–Crippen MR) is 78.8 cm³/mol. The Kier molecular flexibility index (Phi) is 4.48. The number of nitrogens with one attached hydrogen (secondary N) is 1. The molecule has 3 fully saturated rings. The summed E-state index contributed by atoms with van der Waals surface area (Å²) in [5, 5.41) is 12.5. The van der Waals surface area contributed by atoms with Crippen molar-refractivity contribution in [1.82, 2.24) is 10.2 Å². The van der Waals surface area contributed by atoms with E-state index in [1.54, 1.807) is 0 Å². The standard InChI is InChI=1S/C16H26N2O3/c19-15(11-5-1-2-6-12(11)16(20)21)17-13-8-10-18-9-4-3-7-14(13)18/h11-14H,1-10H2,(H,17,19)(H,20,21)/t11-,12+,13?,14?/m1/s1. The lowest BCUT2D eigenvalue weighted by Crippen LogP contribution is -2.50. The molecule has 118 valence electrons. The average Bonchev–Trinajstić information content (AvgIpc) is 2.90. The van der Waals surface area contributed by atoms with Gasteiger partial charge >= 0.3 is 5.97 Å². The van der Waals surface area contributed by atoms with Crippen molar-refractivity contribution in [3.05, 3.63) is 0 Å². The second-order valence-corrected chi connectivity index (χ2v) is 6.84. The summed E-state index contributed by atoms with van der Waals surface area (Å²) in [5.74, 6) is -1.63. The molecule has 2 aliphatic heterocycles. The van der Waals surface area contributed by atoms with E-state index in [0.717, 1.165) is 45.2 Å². The molecule has 4 atom stereocenters. The van der Waals surface area contributed by atoms with Gasteiger partial charge in [0.15, 0.2) is 0 Å². The van der Waals surface area contributed by atoms with Crippen LogP contribution in [0.3, 0.4) is 0 Å². The first-order chi connectivity index (χ1) is 10.2. The van der Waals surface area contributed by atoms with Crippen molar-refractivity contribution in [2.45, 2.75) is 63.5 Å². The van der Waals surface area contributed by atoms with E-state index >= 15 is 0 Å². The van der Waals surface area contributed by atoms with Crippen molar-refractivity contribution in [2.24, 2.45) is 11.8 Å². The van der Waals surface area contributed by atoms with Gasteiger partial charge in [-0.3, -0.25) is 14.5 Å². The van der Waals surface area contributed by atoms with Gasteiger partial charge in [0.05, 0.1) is 11.8 Å². The van der Waals surface area contributed by atoms with E-state index in [1.165, 1.54) is 12.8 Å². The highest BCUT2D eigenvalue weighted by molar-refractivity contribution is 5.85. The van der Waals surface area contributed by atoms with Crippen LogP contribution >= 0.6 is 0 Å². The quantitative estimate of drug-likeness (QED) is 0.830. The van der Waals surface area contributed by atoms with Gasteiger partial charge in [-0.15, -0.1) is 0 Å². The van der Waals surface area contributed by atoms with Gasteiger partial charge < -0.3 is 10.4 Å². The van der Waals surface area contributed by atoms with Gasteiger partial charge in [-0.1, -0.05) is 19.3 Å². The first kappa shape index (κ1) is 14.8. The summed E-state index contributed by atoms with van der Waals surface area (Å²) in [6.07, 6.45) is 7.97. The molecule has 3 aliphatic rings. The van der Waals surface area contributed by atoms with Crippen LogP contribution < -0.4 is 5.32 Å². The molecule has 3 rings (SSSR count).